The van der Waals surface area contributed by atoms with Gasteiger partial charge in [-0.2, -0.15) is 0 Å². The standard InChI is InChI=1S/C19H18ClFN2O4/c1-12(13-6-8-14(20)9-7-13)23-17(24)11-27-18(25)10-22-19(26)15-4-2-3-5-16(15)21/h2-9,12H,10-11H2,1H3,(H,22,26)(H,23,24)/t12-/m0/s1. The number of amides is 2. The Kier molecular flexibility index (Phi) is 7.31. The summed E-state index contributed by atoms with van der Waals surface area (Å²) in [6.45, 7) is 0.803. The number of hydrogen-bond donors (Lipinski definition) is 2. The van der Waals surface area contributed by atoms with Crippen LogP contribution in [0.15, 0.2) is 48.5 Å². The largest absolute Gasteiger partial charge is 0.454 e. The average Bonchev–Trinajstić information content (AvgIpc) is 2.65. The molecule has 0 aliphatic heterocycles. The van der Waals surface area contributed by atoms with Crippen LogP contribution in [0.25, 0.3) is 0 Å². The molecule has 2 amide bonds. The molecule has 8 heteroatoms. The van der Waals surface area contributed by atoms with E-state index < -0.39 is 36.8 Å². The van der Waals surface area contributed by atoms with Crippen LogP contribution in [0.2, 0.25) is 5.02 Å². The second kappa shape index (κ2) is 9.68. The molecule has 0 radical (unpaired) electrons. The number of esters is 1. The van der Waals surface area contributed by atoms with Crippen LogP contribution in [-0.2, 0) is 14.3 Å². The number of benzene rings is 2. The van der Waals surface area contributed by atoms with E-state index in [9.17, 15) is 18.8 Å². The van der Waals surface area contributed by atoms with Crippen molar-refractivity contribution in [2.24, 2.45) is 0 Å². The normalized spacial score (nSPS) is 11.4. The predicted molar refractivity (Wildman–Crippen MR) is 97.7 cm³/mol. The van der Waals surface area contributed by atoms with Crippen LogP contribution in [0, 0.1) is 5.82 Å². The zero-order chi connectivity index (χ0) is 19.8. The minimum absolute atomic E-state index is 0.181. The van der Waals surface area contributed by atoms with Crippen molar-refractivity contribution in [3.63, 3.8) is 0 Å². The number of hydrogen-bond acceptors (Lipinski definition) is 4. The Balaban J connectivity index is 1.73. The Morgan fingerprint density at radius 1 is 1.11 bits per heavy atom. The van der Waals surface area contributed by atoms with Gasteiger partial charge in [-0.25, -0.2) is 4.39 Å². The Labute approximate surface area is 160 Å². The van der Waals surface area contributed by atoms with Crippen molar-refractivity contribution in [2.75, 3.05) is 13.2 Å². The van der Waals surface area contributed by atoms with E-state index in [1.54, 1.807) is 31.2 Å². The van der Waals surface area contributed by atoms with Gasteiger partial charge in [0.1, 0.15) is 12.4 Å². The van der Waals surface area contributed by atoms with Crippen molar-refractivity contribution in [3.05, 3.63) is 70.5 Å². The number of rotatable bonds is 7. The highest BCUT2D eigenvalue weighted by Gasteiger charge is 2.14. The van der Waals surface area contributed by atoms with E-state index in [-0.39, 0.29) is 11.6 Å². The second-order valence-electron chi connectivity index (χ2n) is 5.66. The van der Waals surface area contributed by atoms with Crippen LogP contribution in [0.3, 0.4) is 0 Å². The summed E-state index contributed by atoms with van der Waals surface area (Å²) in [5.41, 5.74) is 0.663. The predicted octanol–water partition coefficient (Wildman–Crippen LogP) is 2.63. The molecule has 0 aromatic heterocycles. The van der Waals surface area contributed by atoms with E-state index in [1.807, 2.05) is 0 Å². The summed E-state index contributed by atoms with van der Waals surface area (Å²) in [6, 6.07) is 12.0. The molecule has 0 heterocycles. The Morgan fingerprint density at radius 2 is 1.78 bits per heavy atom. The molecule has 0 fully saturated rings. The third-order valence-corrected chi connectivity index (χ3v) is 3.88. The lowest BCUT2D eigenvalue weighted by Gasteiger charge is -2.14. The maximum Gasteiger partial charge on any atom is 0.325 e. The molecule has 0 aliphatic rings. The molecule has 0 aliphatic carbocycles. The number of ether oxygens (including phenoxy) is 1. The van der Waals surface area contributed by atoms with Crippen molar-refractivity contribution < 1.29 is 23.5 Å². The average molecular weight is 393 g/mol. The molecule has 0 saturated heterocycles. The number of carbonyl (C=O) groups is 3. The van der Waals surface area contributed by atoms with Crippen LogP contribution < -0.4 is 10.6 Å². The highest BCUT2D eigenvalue weighted by molar-refractivity contribution is 6.30. The summed E-state index contributed by atoms with van der Waals surface area (Å²) in [4.78, 5) is 35.3. The summed E-state index contributed by atoms with van der Waals surface area (Å²) < 4.78 is 18.3. The summed E-state index contributed by atoms with van der Waals surface area (Å²) in [5, 5.41) is 5.50. The monoisotopic (exact) mass is 392 g/mol. The van der Waals surface area contributed by atoms with Crippen molar-refractivity contribution in [3.8, 4) is 0 Å². The summed E-state index contributed by atoms with van der Waals surface area (Å²) in [6.07, 6.45) is 0. The van der Waals surface area contributed by atoms with Gasteiger partial charge in [0.2, 0.25) is 0 Å². The lowest BCUT2D eigenvalue weighted by molar-refractivity contribution is -0.147. The number of halogens is 2. The van der Waals surface area contributed by atoms with Crippen LogP contribution in [0.5, 0.6) is 0 Å². The quantitative estimate of drug-likeness (QED) is 0.709. The molecule has 0 spiro atoms. The molecule has 2 aromatic rings. The molecule has 142 valence electrons. The highest BCUT2D eigenvalue weighted by Crippen LogP contribution is 2.15. The smallest absolute Gasteiger partial charge is 0.325 e. The molecule has 2 N–H and O–H groups in total. The fourth-order valence-corrected chi connectivity index (χ4v) is 2.33. The maximum absolute atomic E-state index is 13.5. The van der Waals surface area contributed by atoms with Crippen LogP contribution in [-0.4, -0.2) is 30.9 Å². The number of carbonyl (C=O) groups excluding carboxylic acids is 3. The van der Waals surface area contributed by atoms with Crippen LogP contribution >= 0.6 is 11.6 Å². The molecule has 2 rings (SSSR count). The summed E-state index contributed by atoms with van der Waals surface area (Å²) in [5.74, 6) is -2.75. The Bertz CT molecular complexity index is 827. The van der Waals surface area contributed by atoms with Crippen molar-refractivity contribution >= 4 is 29.4 Å². The first kappa shape index (κ1) is 20.4. The molecule has 1 atom stereocenters. The third kappa shape index (κ3) is 6.38. The van der Waals surface area contributed by atoms with Gasteiger partial charge in [-0.05, 0) is 36.8 Å². The maximum atomic E-state index is 13.5. The minimum Gasteiger partial charge on any atom is -0.454 e. The fourth-order valence-electron chi connectivity index (χ4n) is 2.21. The molecule has 0 bridgehead atoms. The van der Waals surface area contributed by atoms with Gasteiger partial charge >= 0.3 is 5.97 Å². The van der Waals surface area contributed by atoms with Crippen LogP contribution in [0.4, 0.5) is 4.39 Å². The van der Waals surface area contributed by atoms with Gasteiger partial charge < -0.3 is 15.4 Å². The lowest BCUT2D eigenvalue weighted by Crippen LogP contribution is -2.35. The van der Waals surface area contributed by atoms with E-state index >= 15 is 0 Å². The van der Waals surface area contributed by atoms with E-state index in [1.165, 1.54) is 18.2 Å². The first-order chi connectivity index (χ1) is 12.9. The van der Waals surface area contributed by atoms with E-state index in [4.69, 9.17) is 16.3 Å². The van der Waals surface area contributed by atoms with E-state index in [0.29, 0.717) is 5.02 Å². The van der Waals surface area contributed by atoms with Gasteiger partial charge in [-0.1, -0.05) is 35.9 Å². The Morgan fingerprint density at radius 3 is 2.44 bits per heavy atom. The van der Waals surface area contributed by atoms with Crippen molar-refractivity contribution in [2.45, 2.75) is 13.0 Å². The van der Waals surface area contributed by atoms with Crippen molar-refractivity contribution in [1.82, 2.24) is 10.6 Å². The summed E-state index contributed by atoms with van der Waals surface area (Å²) >= 11 is 5.81. The Hall–Kier alpha value is -2.93. The molecule has 27 heavy (non-hydrogen) atoms. The minimum atomic E-state index is -0.811. The molecule has 0 unspecified atom stereocenters. The topological polar surface area (TPSA) is 84.5 Å². The molecule has 2 aromatic carbocycles. The number of nitrogens with one attached hydrogen (secondary N) is 2. The summed E-state index contributed by atoms with van der Waals surface area (Å²) in [7, 11) is 0. The zero-order valence-electron chi connectivity index (χ0n) is 14.5. The van der Waals surface area contributed by atoms with E-state index in [2.05, 4.69) is 10.6 Å². The second-order valence-corrected chi connectivity index (χ2v) is 6.10. The first-order valence-electron chi connectivity index (χ1n) is 8.10. The van der Waals surface area contributed by atoms with Gasteiger partial charge in [0.15, 0.2) is 6.61 Å². The first-order valence-corrected chi connectivity index (χ1v) is 8.48. The molecular weight excluding hydrogens is 375 g/mol. The molecule has 0 saturated carbocycles. The van der Waals surface area contributed by atoms with Gasteiger partial charge in [0.05, 0.1) is 11.6 Å². The van der Waals surface area contributed by atoms with Gasteiger partial charge in [-0.15, -0.1) is 0 Å². The molecule has 6 nitrogen and oxygen atoms in total. The van der Waals surface area contributed by atoms with Crippen molar-refractivity contribution in [1.29, 1.82) is 0 Å². The van der Waals surface area contributed by atoms with Gasteiger partial charge in [0.25, 0.3) is 11.8 Å². The van der Waals surface area contributed by atoms with Gasteiger partial charge in [0, 0.05) is 5.02 Å². The van der Waals surface area contributed by atoms with Gasteiger partial charge in [-0.3, -0.25) is 14.4 Å². The zero-order valence-corrected chi connectivity index (χ0v) is 15.3. The van der Waals surface area contributed by atoms with Crippen LogP contribution in [0.1, 0.15) is 28.9 Å². The fraction of sp³-hybridized carbons (Fsp3) is 0.211. The van der Waals surface area contributed by atoms with E-state index in [0.717, 1.165) is 11.6 Å². The third-order valence-electron chi connectivity index (χ3n) is 3.62. The SMILES string of the molecule is C[C@H](NC(=O)COC(=O)CNC(=O)c1ccccc1F)c1ccc(Cl)cc1. The highest BCUT2D eigenvalue weighted by atomic mass is 35.5. The lowest BCUT2D eigenvalue weighted by atomic mass is 10.1. The molecular formula is C19H18ClFN2O4.